The normalized spacial score (nSPS) is 12.1. The second-order valence-electron chi connectivity index (χ2n) is 5.08. The Morgan fingerprint density at radius 2 is 2.18 bits per heavy atom. The van der Waals surface area contributed by atoms with Crippen LogP contribution in [0.5, 0.6) is 0 Å². The molecule has 1 amide bonds. The third-order valence-electron chi connectivity index (χ3n) is 3.14. The minimum absolute atomic E-state index is 0.259. The first kappa shape index (κ1) is 16.1. The van der Waals surface area contributed by atoms with Crippen LogP contribution in [-0.2, 0) is 4.79 Å². The molecule has 0 aliphatic carbocycles. The number of aryl methyl sites for hydroxylation is 1. The zero-order valence-corrected chi connectivity index (χ0v) is 12.6. The van der Waals surface area contributed by atoms with Gasteiger partial charge >= 0.3 is 0 Å². The molecule has 2 aromatic heterocycles. The topological polar surface area (TPSA) is 120 Å². The zero-order valence-electron chi connectivity index (χ0n) is 12.6. The predicted octanol–water partition coefficient (Wildman–Crippen LogP) is 1.44. The minimum atomic E-state index is -0.569. The summed E-state index contributed by atoms with van der Waals surface area (Å²) in [6.07, 6.45) is 3.84. The second kappa shape index (κ2) is 7.67. The first-order chi connectivity index (χ1) is 10.6. The summed E-state index contributed by atoms with van der Waals surface area (Å²) in [6.45, 7) is 2.44. The number of rotatable bonds is 7. The van der Waals surface area contributed by atoms with Crippen molar-refractivity contribution in [2.45, 2.75) is 32.2 Å². The molecule has 0 radical (unpaired) electrons. The molecule has 0 saturated heterocycles. The van der Waals surface area contributed by atoms with Crippen molar-refractivity contribution >= 4 is 11.7 Å². The molecule has 0 fully saturated rings. The van der Waals surface area contributed by atoms with E-state index in [4.69, 9.17) is 15.9 Å². The van der Waals surface area contributed by atoms with Crippen LogP contribution in [0.4, 0.5) is 5.82 Å². The number of hydrogen-bond acceptors (Lipinski definition) is 6. The number of unbranched alkanes of at least 4 members (excludes halogenated alkanes) is 1. The van der Waals surface area contributed by atoms with E-state index in [9.17, 15) is 4.79 Å². The fourth-order valence-corrected chi connectivity index (χ4v) is 1.95. The quantitative estimate of drug-likeness (QED) is 0.666. The van der Waals surface area contributed by atoms with Gasteiger partial charge in [-0.2, -0.15) is 0 Å². The van der Waals surface area contributed by atoms with Crippen molar-refractivity contribution in [1.82, 2.24) is 9.97 Å². The standard InChI is InChI=1S/C15H21N5O2/c1-10-9-22-15(18-10)12-6-4-7-13(19-12)20-14(21)11(17)5-2-3-8-16/h4,6-7,9,11H,2-3,5,8,16-17H2,1H3,(H,19,20,21)/t11-/m0/s1. The van der Waals surface area contributed by atoms with Gasteiger partial charge in [-0.25, -0.2) is 9.97 Å². The molecule has 0 aliphatic rings. The molecular formula is C15H21N5O2. The number of aromatic nitrogens is 2. The molecule has 1 atom stereocenters. The lowest BCUT2D eigenvalue weighted by Gasteiger charge is -2.11. The van der Waals surface area contributed by atoms with Crippen molar-refractivity contribution in [2.75, 3.05) is 11.9 Å². The number of nitrogens with two attached hydrogens (primary N) is 2. The van der Waals surface area contributed by atoms with Gasteiger partial charge in [0.25, 0.3) is 0 Å². The molecule has 2 aromatic rings. The number of carbonyl (C=O) groups excluding carboxylic acids is 1. The van der Waals surface area contributed by atoms with Crippen LogP contribution >= 0.6 is 0 Å². The number of anilines is 1. The van der Waals surface area contributed by atoms with E-state index in [1.54, 1.807) is 24.5 Å². The van der Waals surface area contributed by atoms with Crippen molar-refractivity contribution < 1.29 is 9.21 Å². The monoisotopic (exact) mass is 303 g/mol. The SMILES string of the molecule is Cc1coc(-c2cccc(NC(=O)[C@@H](N)CCCCN)n2)n1. The molecule has 0 spiro atoms. The van der Waals surface area contributed by atoms with Gasteiger partial charge in [0.05, 0.1) is 11.7 Å². The number of nitrogens with one attached hydrogen (secondary N) is 1. The van der Waals surface area contributed by atoms with Gasteiger partial charge in [0.15, 0.2) is 0 Å². The zero-order chi connectivity index (χ0) is 15.9. The van der Waals surface area contributed by atoms with Crippen molar-refractivity contribution in [2.24, 2.45) is 11.5 Å². The molecule has 0 saturated carbocycles. The number of hydrogen-bond donors (Lipinski definition) is 3. The van der Waals surface area contributed by atoms with E-state index in [1.165, 1.54) is 0 Å². The predicted molar refractivity (Wildman–Crippen MR) is 84.0 cm³/mol. The highest BCUT2D eigenvalue weighted by Gasteiger charge is 2.14. The van der Waals surface area contributed by atoms with Crippen LogP contribution in [0.25, 0.3) is 11.6 Å². The average Bonchev–Trinajstić information content (AvgIpc) is 2.94. The Kier molecular flexibility index (Phi) is 5.62. The summed E-state index contributed by atoms with van der Waals surface area (Å²) in [4.78, 5) is 20.5. The number of pyridine rings is 1. The van der Waals surface area contributed by atoms with Gasteiger partial charge in [-0.3, -0.25) is 4.79 Å². The lowest BCUT2D eigenvalue weighted by Crippen LogP contribution is -2.35. The molecule has 0 unspecified atom stereocenters. The first-order valence-electron chi connectivity index (χ1n) is 7.26. The van der Waals surface area contributed by atoms with Gasteiger partial charge in [0, 0.05) is 0 Å². The van der Waals surface area contributed by atoms with E-state index >= 15 is 0 Å². The van der Waals surface area contributed by atoms with Crippen LogP contribution in [-0.4, -0.2) is 28.5 Å². The maximum absolute atomic E-state index is 12.0. The number of nitrogens with zero attached hydrogens (tertiary/aromatic N) is 2. The maximum atomic E-state index is 12.0. The minimum Gasteiger partial charge on any atom is -0.443 e. The molecule has 2 rings (SSSR count). The van der Waals surface area contributed by atoms with Crippen molar-refractivity contribution in [3.8, 4) is 11.6 Å². The van der Waals surface area contributed by atoms with Gasteiger partial charge < -0.3 is 21.2 Å². The first-order valence-corrected chi connectivity index (χ1v) is 7.26. The van der Waals surface area contributed by atoms with Crippen LogP contribution < -0.4 is 16.8 Å². The Balaban J connectivity index is 1.99. The van der Waals surface area contributed by atoms with Crippen LogP contribution in [0.15, 0.2) is 28.9 Å². The number of amides is 1. The third-order valence-corrected chi connectivity index (χ3v) is 3.14. The smallest absolute Gasteiger partial charge is 0.245 e. The molecule has 0 aliphatic heterocycles. The molecule has 22 heavy (non-hydrogen) atoms. The Bertz CT molecular complexity index is 626. The Hall–Kier alpha value is -2.25. The number of oxazole rings is 1. The van der Waals surface area contributed by atoms with E-state index in [-0.39, 0.29) is 5.91 Å². The molecule has 0 bridgehead atoms. The average molecular weight is 303 g/mol. The fraction of sp³-hybridized carbons (Fsp3) is 0.400. The Morgan fingerprint density at radius 3 is 2.86 bits per heavy atom. The van der Waals surface area contributed by atoms with Crippen molar-refractivity contribution in [3.05, 3.63) is 30.2 Å². The molecule has 7 heteroatoms. The second-order valence-corrected chi connectivity index (χ2v) is 5.08. The van der Waals surface area contributed by atoms with E-state index in [0.29, 0.717) is 30.4 Å². The van der Waals surface area contributed by atoms with Crippen LogP contribution in [0.1, 0.15) is 25.0 Å². The van der Waals surface area contributed by atoms with Gasteiger partial charge in [-0.15, -0.1) is 0 Å². The lowest BCUT2D eigenvalue weighted by molar-refractivity contribution is -0.117. The Morgan fingerprint density at radius 1 is 1.36 bits per heavy atom. The summed E-state index contributed by atoms with van der Waals surface area (Å²) in [5.41, 5.74) is 12.6. The molecular weight excluding hydrogens is 282 g/mol. The third kappa shape index (κ3) is 4.37. The van der Waals surface area contributed by atoms with E-state index < -0.39 is 6.04 Å². The van der Waals surface area contributed by atoms with Crippen LogP contribution in [0, 0.1) is 6.92 Å². The van der Waals surface area contributed by atoms with Gasteiger partial charge in [-0.05, 0) is 38.4 Å². The summed E-state index contributed by atoms with van der Waals surface area (Å²) in [5.74, 6) is 0.582. The highest BCUT2D eigenvalue weighted by molar-refractivity contribution is 5.93. The van der Waals surface area contributed by atoms with E-state index in [1.807, 2.05) is 6.92 Å². The summed E-state index contributed by atoms with van der Waals surface area (Å²) in [7, 11) is 0. The van der Waals surface area contributed by atoms with Crippen LogP contribution in [0.3, 0.4) is 0 Å². The maximum Gasteiger partial charge on any atom is 0.245 e. The summed E-state index contributed by atoms with van der Waals surface area (Å²) < 4.78 is 5.30. The fourth-order valence-electron chi connectivity index (χ4n) is 1.95. The van der Waals surface area contributed by atoms with Crippen molar-refractivity contribution in [3.63, 3.8) is 0 Å². The summed E-state index contributed by atoms with van der Waals surface area (Å²) >= 11 is 0. The highest BCUT2D eigenvalue weighted by atomic mass is 16.3. The molecule has 5 N–H and O–H groups in total. The number of carbonyl (C=O) groups is 1. The van der Waals surface area contributed by atoms with Crippen LogP contribution in [0.2, 0.25) is 0 Å². The molecule has 118 valence electrons. The van der Waals surface area contributed by atoms with E-state index in [0.717, 1.165) is 18.5 Å². The largest absolute Gasteiger partial charge is 0.443 e. The van der Waals surface area contributed by atoms with E-state index in [2.05, 4.69) is 15.3 Å². The summed E-state index contributed by atoms with van der Waals surface area (Å²) in [5, 5.41) is 2.71. The van der Waals surface area contributed by atoms with Crippen molar-refractivity contribution in [1.29, 1.82) is 0 Å². The molecule has 7 nitrogen and oxygen atoms in total. The van der Waals surface area contributed by atoms with Gasteiger partial charge in [-0.1, -0.05) is 12.5 Å². The highest BCUT2D eigenvalue weighted by Crippen LogP contribution is 2.18. The Labute approximate surface area is 129 Å². The summed E-state index contributed by atoms with van der Waals surface area (Å²) in [6, 6.07) is 4.67. The lowest BCUT2D eigenvalue weighted by atomic mass is 10.1. The molecule has 2 heterocycles. The molecule has 0 aromatic carbocycles. The van der Waals surface area contributed by atoms with Gasteiger partial charge in [0.1, 0.15) is 17.8 Å². The van der Waals surface area contributed by atoms with Gasteiger partial charge in [0.2, 0.25) is 11.8 Å².